The molecule has 3 saturated heterocycles. The summed E-state index contributed by atoms with van der Waals surface area (Å²) < 4.78 is 5.26. The Morgan fingerprint density at radius 3 is 2.84 bits per heavy atom. The van der Waals surface area contributed by atoms with Crippen LogP contribution < -0.4 is 10.1 Å². The molecule has 3 nitrogen and oxygen atoms in total. The molecule has 3 heterocycles. The van der Waals surface area contributed by atoms with E-state index < -0.39 is 0 Å². The molecule has 0 saturated carbocycles. The third-order valence-corrected chi connectivity index (χ3v) is 4.61. The van der Waals surface area contributed by atoms with Gasteiger partial charge in [-0.1, -0.05) is 12.1 Å². The highest BCUT2D eigenvalue weighted by Gasteiger charge is 2.33. The van der Waals surface area contributed by atoms with Crippen molar-refractivity contribution in [2.24, 2.45) is 5.92 Å². The van der Waals surface area contributed by atoms with Gasteiger partial charge in [0.25, 0.3) is 0 Å². The van der Waals surface area contributed by atoms with Crippen LogP contribution in [0.4, 0.5) is 0 Å². The van der Waals surface area contributed by atoms with Crippen molar-refractivity contribution in [3.05, 3.63) is 29.8 Å². The van der Waals surface area contributed by atoms with Crippen molar-refractivity contribution in [3.8, 4) is 5.75 Å². The van der Waals surface area contributed by atoms with Gasteiger partial charge in [-0.15, -0.1) is 0 Å². The van der Waals surface area contributed by atoms with E-state index in [0.29, 0.717) is 6.04 Å². The quantitative estimate of drug-likeness (QED) is 0.875. The number of rotatable bonds is 5. The van der Waals surface area contributed by atoms with Gasteiger partial charge in [-0.05, 0) is 62.5 Å². The lowest BCUT2D eigenvalue weighted by Gasteiger charge is -2.45. The normalized spacial score (nSPS) is 29.4. The van der Waals surface area contributed by atoms with Gasteiger partial charge in [-0.3, -0.25) is 0 Å². The van der Waals surface area contributed by atoms with Crippen molar-refractivity contribution in [3.63, 3.8) is 0 Å². The number of piperidine rings is 3. The molecule has 1 atom stereocenters. The molecule has 104 valence electrons. The van der Waals surface area contributed by atoms with Crippen molar-refractivity contribution in [2.75, 3.05) is 33.3 Å². The van der Waals surface area contributed by atoms with E-state index in [-0.39, 0.29) is 0 Å². The molecular formula is C16H24N2O. The van der Waals surface area contributed by atoms with Crippen LogP contribution in [-0.2, 0) is 6.42 Å². The number of benzene rings is 1. The van der Waals surface area contributed by atoms with Crippen molar-refractivity contribution in [1.29, 1.82) is 0 Å². The summed E-state index contributed by atoms with van der Waals surface area (Å²) in [6.07, 6.45) is 3.86. The summed E-state index contributed by atoms with van der Waals surface area (Å²) in [6.45, 7) is 4.96. The van der Waals surface area contributed by atoms with Crippen LogP contribution in [-0.4, -0.2) is 44.2 Å². The smallest absolute Gasteiger partial charge is 0.119 e. The topological polar surface area (TPSA) is 24.5 Å². The summed E-state index contributed by atoms with van der Waals surface area (Å²) in [5, 5.41) is 3.76. The van der Waals surface area contributed by atoms with Gasteiger partial charge < -0.3 is 15.0 Å². The number of methoxy groups -OCH3 is 1. The second-order valence-electron chi connectivity index (χ2n) is 5.80. The van der Waals surface area contributed by atoms with Gasteiger partial charge in [0.1, 0.15) is 5.75 Å². The molecule has 3 aliphatic heterocycles. The molecule has 4 rings (SSSR count). The number of nitrogens with zero attached hydrogens (tertiary/aromatic N) is 1. The maximum Gasteiger partial charge on any atom is 0.119 e. The summed E-state index contributed by atoms with van der Waals surface area (Å²) in [7, 11) is 1.73. The van der Waals surface area contributed by atoms with E-state index in [2.05, 4.69) is 28.4 Å². The van der Waals surface area contributed by atoms with E-state index in [0.717, 1.165) is 24.6 Å². The summed E-state index contributed by atoms with van der Waals surface area (Å²) in [6, 6.07) is 9.11. The van der Waals surface area contributed by atoms with E-state index in [9.17, 15) is 0 Å². The summed E-state index contributed by atoms with van der Waals surface area (Å²) in [5.41, 5.74) is 1.35. The lowest BCUT2D eigenvalue weighted by molar-refractivity contribution is 0.0731. The van der Waals surface area contributed by atoms with Gasteiger partial charge in [-0.2, -0.15) is 0 Å². The molecule has 0 unspecified atom stereocenters. The largest absolute Gasteiger partial charge is 0.497 e. The predicted octanol–water partition coefficient (Wildman–Crippen LogP) is 1.92. The van der Waals surface area contributed by atoms with Crippen LogP contribution in [0.25, 0.3) is 0 Å². The zero-order chi connectivity index (χ0) is 13.1. The van der Waals surface area contributed by atoms with Crippen molar-refractivity contribution in [2.45, 2.75) is 25.3 Å². The van der Waals surface area contributed by atoms with Crippen molar-refractivity contribution >= 4 is 0 Å². The average molecular weight is 260 g/mol. The Morgan fingerprint density at radius 1 is 1.32 bits per heavy atom. The van der Waals surface area contributed by atoms with E-state index in [1.165, 1.54) is 38.0 Å². The summed E-state index contributed by atoms with van der Waals surface area (Å²) in [5.74, 6) is 1.87. The average Bonchev–Trinajstić information content (AvgIpc) is 2.49. The van der Waals surface area contributed by atoms with Crippen LogP contribution in [0, 0.1) is 5.92 Å². The molecule has 19 heavy (non-hydrogen) atoms. The molecular weight excluding hydrogens is 236 g/mol. The monoisotopic (exact) mass is 260 g/mol. The van der Waals surface area contributed by atoms with E-state index in [1.54, 1.807) is 7.11 Å². The molecule has 0 aromatic heterocycles. The fourth-order valence-electron chi connectivity index (χ4n) is 3.43. The SMILES string of the molecule is COc1cccc(CCN[C@@H]2CN3CCC2CC3)c1. The Bertz CT molecular complexity index is 413. The van der Waals surface area contributed by atoms with E-state index >= 15 is 0 Å². The molecule has 2 bridgehead atoms. The minimum atomic E-state index is 0.716. The van der Waals surface area contributed by atoms with Gasteiger partial charge in [0, 0.05) is 12.6 Å². The van der Waals surface area contributed by atoms with Gasteiger partial charge >= 0.3 is 0 Å². The minimum Gasteiger partial charge on any atom is -0.497 e. The Morgan fingerprint density at radius 2 is 2.16 bits per heavy atom. The van der Waals surface area contributed by atoms with Gasteiger partial charge in [-0.25, -0.2) is 0 Å². The summed E-state index contributed by atoms with van der Waals surface area (Å²) in [4.78, 5) is 2.60. The number of ether oxygens (including phenoxy) is 1. The molecule has 3 aliphatic rings. The third-order valence-electron chi connectivity index (χ3n) is 4.61. The fraction of sp³-hybridized carbons (Fsp3) is 0.625. The number of fused-ring (bicyclic) bond motifs is 3. The van der Waals surface area contributed by atoms with E-state index in [1.807, 2.05) is 6.07 Å². The fourth-order valence-corrected chi connectivity index (χ4v) is 3.43. The maximum absolute atomic E-state index is 5.26. The first kappa shape index (κ1) is 12.9. The molecule has 0 amide bonds. The predicted molar refractivity (Wildman–Crippen MR) is 77.7 cm³/mol. The summed E-state index contributed by atoms with van der Waals surface area (Å²) >= 11 is 0. The third kappa shape index (κ3) is 3.10. The van der Waals surface area contributed by atoms with Gasteiger partial charge in [0.15, 0.2) is 0 Å². The number of nitrogens with one attached hydrogen (secondary N) is 1. The Labute approximate surface area is 115 Å². The van der Waals surface area contributed by atoms with Crippen LogP contribution in [0.1, 0.15) is 18.4 Å². The zero-order valence-corrected chi connectivity index (χ0v) is 11.8. The van der Waals surface area contributed by atoms with Gasteiger partial charge in [0.05, 0.1) is 7.11 Å². The first-order valence-corrected chi connectivity index (χ1v) is 7.44. The molecule has 3 heteroatoms. The maximum atomic E-state index is 5.26. The standard InChI is InChI=1S/C16H24N2O/c1-19-15-4-2-3-13(11-15)5-8-17-16-12-18-9-6-14(16)7-10-18/h2-4,11,14,16-17H,5-10,12H2,1H3/t16-/m1/s1. The van der Waals surface area contributed by atoms with Crippen molar-refractivity contribution < 1.29 is 4.74 Å². The molecule has 0 radical (unpaired) electrons. The Kier molecular flexibility index (Phi) is 4.04. The lowest BCUT2D eigenvalue weighted by atomic mass is 9.84. The molecule has 1 aromatic carbocycles. The van der Waals surface area contributed by atoms with Crippen LogP contribution in [0.3, 0.4) is 0 Å². The first-order valence-electron chi connectivity index (χ1n) is 7.44. The van der Waals surface area contributed by atoms with Gasteiger partial charge in [0.2, 0.25) is 0 Å². The van der Waals surface area contributed by atoms with Crippen LogP contribution >= 0.6 is 0 Å². The van der Waals surface area contributed by atoms with Crippen LogP contribution in [0.5, 0.6) is 5.75 Å². The van der Waals surface area contributed by atoms with Crippen molar-refractivity contribution in [1.82, 2.24) is 10.2 Å². The van der Waals surface area contributed by atoms with Crippen LogP contribution in [0.15, 0.2) is 24.3 Å². The molecule has 1 N–H and O–H groups in total. The number of hydrogen-bond donors (Lipinski definition) is 1. The highest BCUT2D eigenvalue weighted by Crippen LogP contribution is 2.27. The second-order valence-corrected chi connectivity index (χ2v) is 5.80. The Hall–Kier alpha value is -1.06. The zero-order valence-electron chi connectivity index (χ0n) is 11.8. The lowest BCUT2D eigenvalue weighted by Crippen LogP contribution is -2.56. The Balaban J connectivity index is 1.47. The molecule has 3 fully saturated rings. The molecule has 1 aromatic rings. The highest BCUT2D eigenvalue weighted by atomic mass is 16.5. The highest BCUT2D eigenvalue weighted by molar-refractivity contribution is 5.28. The minimum absolute atomic E-state index is 0.716. The van der Waals surface area contributed by atoms with E-state index in [4.69, 9.17) is 4.74 Å². The molecule has 0 aliphatic carbocycles. The first-order chi connectivity index (χ1) is 9.35. The molecule has 0 spiro atoms. The van der Waals surface area contributed by atoms with Crippen LogP contribution in [0.2, 0.25) is 0 Å². The number of hydrogen-bond acceptors (Lipinski definition) is 3. The second kappa shape index (κ2) is 5.93.